The third kappa shape index (κ3) is 3.65. The topological polar surface area (TPSA) is 114 Å². The predicted octanol–water partition coefficient (Wildman–Crippen LogP) is 0.575. The molecule has 9 heteroatoms. The molecule has 5 rings (SSSR count). The van der Waals surface area contributed by atoms with Crippen LogP contribution < -0.4 is 5.73 Å². The molecule has 1 saturated carbocycles. The zero-order valence-electron chi connectivity index (χ0n) is 19.9. The van der Waals surface area contributed by atoms with Crippen LogP contribution in [0.3, 0.4) is 0 Å². The molecule has 3 heterocycles. The predicted molar refractivity (Wildman–Crippen MR) is 124 cm³/mol. The van der Waals surface area contributed by atoms with Gasteiger partial charge in [-0.2, -0.15) is 5.26 Å². The largest absolute Gasteiger partial charge is 0.345 e. The highest BCUT2D eigenvalue weighted by atomic mass is 16.2. The molecule has 1 aromatic carbocycles. The lowest BCUT2D eigenvalue weighted by molar-refractivity contribution is -0.141. The maximum atomic E-state index is 13.3. The highest BCUT2D eigenvalue weighted by molar-refractivity contribution is 5.94. The second-order valence-electron chi connectivity index (χ2n) is 10.4. The van der Waals surface area contributed by atoms with Crippen molar-refractivity contribution in [3.05, 3.63) is 35.4 Å². The van der Waals surface area contributed by atoms with E-state index in [0.29, 0.717) is 24.6 Å². The summed E-state index contributed by atoms with van der Waals surface area (Å²) in [6.45, 7) is 3.04. The van der Waals surface area contributed by atoms with E-state index in [2.05, 4.69) is 6.07 Å². The summed E-state index contributed by atoms with van der Waals surface area (Å²) in [4.78, 5) is 45.6. The van der Waals surface area contributed by atoms with Gasteiger partial charge in [0.2, 0.25) is 11.8 Å². The van der Waals surface area contributed by atoms with Crippen LogP contribution in [0.2, 0.25) is 0 Å². The van der Waals surface area contributed by atoms with Gasteiger partial charge in [0.25, 0.3) is 5.91 Å². The zero-order valence-corrected chi connectivity index (χ0v) is 19.9. The molecule has 3 saturated heterocycles. The number of carbonyl (C=O) groups is 3. The average Bonchev–Trinajstić information content (AvgIpc) is 3.15. The van der Waals surface area contributed by atoms with Crippen molar-refractivity contribution in [1.82, 2.24) is 19.6 Å². The highest BCUT2D eigenvalue weighted by Crippen LogP contribution is 2.48. The number of likely N-dealkylation sites (tertiary alicyclic amines) is 3. The third-order valence-corrected chi connectivity index (χ3v) is 8.03. The van der Waals surface area contributed by atoms with E-state index in [1.54, 1.807) is 36.0 Å². The van der Waals surface area contributed by atoms with E-state index in [4.69, 9.17) is 5.73 Å². The van der Waals surface area contributed by atoms with Gasteiger partial charge in [-0.15, -0.1) is 0 Å². The van der Waals surface area contributed by atoms with Gasteiger partial charge < -0.3 is 20.4 Å². The van der Waals surface area contributed by atoms with Gasteiger partial charge >= 0.3 is 0 Å². The number of piperazine rings is 1. The van der Waals surface area contributed by atoms with Crippen LogP contribution in [0.4, 0.5) is 0 Å². The molecule has 0 aromatic heterocycles. The summed E-state index contributed by atoms with van der Waals surface area (Å²) in [5, 5.41) is 9.39. The summed E-state index contributed by atoms with van der Waals surface area (Å²) in [5.74, 6) is 0.305. The summed E-state index contributed by atoms with van der Waals surface area (Å²) in [6, 6.07) is 8.48. The maximum absolute atomic E-state index is 13.3. The molecule has 2 N–H and O–H groups in total. The van der Waals surface area contributed by atoms with E-state index >= 15 is 0 Å². The van der Waals surface area contributed by atoms with Crippen LogP contribution >= 0.6 is 0 Å². The molecule has 1 unspecified atom stereocenters. The summed E-state index contributed by atoms with van der Waals surface area (Å²) in [7, 11) is 3.44. The first kappa shape index (κ1) is 22.8. The fraction of sp³-hybridized carbons (Fsp3) is 0.600. The Hall–Kier alpha value is -2.96. The van der Waals surface area contributed by atoms with Crippen molar-refractivity contribution in [2.24, 2.45) is 11.7 Å². The van der Waals surface area contributed by atoms with Gasteiger partial charge in [0.05, 0.1) is 24.2 Å². The second-order valence-corrected chi connectivity index (χ2v) is 10.4. The van der Waals surface area contributed by atoms with E-state index in [1.165, 1.54) is 0 Å². The van der Waals surface area contributed by atoms with Crippen LogP contribution in [0.25, 0.3) is 0 Å². The number of benzene rings is 1. The molecule has 7 atom stereocenters. The Morgan fingerprint density at radius 3 is 2.53 bits per heavy atom. The molecule has 3 amide bonds. The first-order chi connectivity index (χ1) is 16.2. The van der Waals surface area contributed by atoms with E-state index in [-0.39, 0.29) is 47.9 Å². The minimum absolute atomic E-state index is 0.0516. The lowest BCUT2D eigenvalue weighted by Gasteiger charge is -2.38. The number of rotatable bonds is 6. The standard InChI is InChI=1S/C25H32N6O3/c1-14(15-4-6-16(7-5-15)23(32)28(2)3)30-19-10-22(25(30)34)29(12-19)13-20(27)24(33)31-18(11-26)8-17-9-21(17)31/h4-7,14,17-22H,8-10,12-13,27H2,1-3H3/t14-,17-,18+,19?,20+,21+,22+/m1/s1. The van der Waals surface area contributed by atoms with Crippen molar-refractivity contribution in [3.63, 3.8) is 0 Å². The second kappa shape index (κ2) is 8.36. The summed E-state index contributed by atoms with van der Waals surface area (Å²) in [6.07, 6.45) is 2.46. The molecule has 2 bridgehead atoms. The summed E-state index contributed by atoms with van der Waals surface area (Å²) < 4.78 is 0. The number of hydrogen-bond donors (Lipinski definition) is 1. The number of amides is 3. The van der Waals surface area contributed by atoms with Crippen molar-refractivity contribution >= 4 is 17.7 Å². The van der Waals surface area contributed by atoms with Gasteiger partial charge in [0, 0.05) is 44.8 Å². The number of nitrogens with two attached hydrogens (primary N) is 1. The monoisotopic (exact) mass is 464 g/mol. The number of hydrogen-bond acceptors (Lipinski definition) is 6. The SMILES string of the molecule is C[C@H](c1ccc(C(=O)N(C)C)cc1)N1C(=O)[C@@H]2CC1CN2C[C@H](N)C(=O)N1[C@H](C#N)C[C@@H]2C[C@@H]21. The van der Waals surface area contributed by atoms with E-state index in [9.17, 15) is 19.6 Å². The van der Waals surface area contributed by atoms with Crippen LogP contribution in [-0.4, -0.2) is 94.7 Å². The van der Waals surface area contributed by atoms with E-state index in [1.807, 2.05) is 28.9 Å². The molecule has 1 aliphatic carbocycles. The molecule has 0 spiro atoms. The molecular weight excluding hydrogens is 432 g/mol. The average molecular weight is 465 g/mol. The van der Waals surface area contributed by atoms with Crippen molar-refractivity contribution in [2.75, 3.05) is 27.2 Å². The first-order valence-corrected chi connectivity index (χ1v) is 12.1. The lowest BCUT2D eigenvalue weighted by atomic mass is 10.0. The van der Waals surface area contributed by atoms with E-state index < -0.39 is 6.04 Å². The van der Waals surface area contributed by atoms with Crippen molar-refractivity contribution in [2.45, 2.75) is 62.4 Å². The van der Waals surface area contributed by atoms with Gasteiger partial charge in [0.1, 0.15) is 6.04 Å². The number of piperidine rings is 1. The van der Waals surface area contributed by atoms with E-state index in [0.717, 1.165) is 24.8 Å². The highest BCUT2D eigenvalue weighted by Gasteiger charge is 2.56. The minimum Gasteiger partial charge on any atom is -0.345 e. The van der Waals surface area contributed by atoms with Crippen molar-refractivity contribution in [1.29, 1.82) is 5.26 Å². The molecule has 0 radical (unpaired) electrons. The Morgan fingerprint density at radius 2 is 1.91 bits per heavy atom. The molecule has 4 fully saturated rings. The van der Waals surface area contributed by atoms with Gasteiger partial charge in [-0.3, -0.25) is 19.3 Å². The van der Waals surface area contributed by atoms with Crippen LogP contribution in [0.5, 0.6) is 0 Å². The molecule has 1 aromatic rings. The number of nitrogens with zero attached hydrogens (tertiary/aromatic N) is 5. The van der Waals surface area contributed by atoms with Crippen LogP contribution in [-0.2, 0) is 9.59 Å². The summed E-state index contributed by atoms with van der Waals surface area (Å²) in [5.41, 5.74) is 7.91. The molecular formula is C25H32N6O3. The van der Waals surface area contributed by atoms with Crippen LogP contribution in [0, 0.1) is 17.2 Å². The fourth-order valence-electron chi connectivity index (χ4n) is 6.13. The maximum Gasteiger partial charge on any atom is 0.253 e. The van der Waals surface area contributed by atoms with Crippen LogP contribution in [0.15, 0.2) is 24.3 Å². The molecule has 4 aliphatic rings. The number of fused-ring (bicyclic) bond motifs is 3. The Morgan fingerprint density at radius 1 is 1.21 bits per heavy atom. The first-order valence-electron chi connectivity index (χ1n) is 12.1. The Labute approximate surface area is 200 Å². The Balaban J connectivity index is 1.21. The molecule has 9 nitrogen and oxygen atoms in total. The van der Waals surface area contributed by atoms with Gasteiger partial charge in [-0.25, -0.2) is 0 Å². The fourth-order valence-corrected chi connectivity index (χ4v) is 6.13. The zero-order chi connectivity index (χ0) is 24.3. The normalized spacial score (nSPS) is 31.3. The van der Waals surface area contributed by atoms with Gasteiger partial charge in [0.15, 0.2) is 0 Å². The quantitative estimate of drug-likeness (QED) is 0.659. The Bertz CT molecular complexity index is 1050. The third-order valence-electron chi connectivity index (χ3n) is 8.03. The minimum atomic E-state index is -0.727. The number of nitriles is 1. The van der Waals surface area contributed by atoms with Gasteiger partial charge in [-0.1, -0.05) is 12.1 Å². The van der Waals surface area contributed by atoms with Crippen LogP contribution in [0.1, 0.15) is 48.1 Å². The van der Waals surface area contributed by atoms with Crippen molar-refractivity contribution < 1.29 is 14.4 Å². The Kier molecular flexibility index (Phi) is 5.61. The lowest BCUT2D eigenvalue weighted by Crippen LogP contribution is -2.57. The van der Waals surface area contributed by atoms with Crippen molar-refractivity contribution in [3.8, 4) is 6.07 Å². The van der Waals surface area contributed by atoms with Gasteiger partial charge in [-0.05, 0) is 49.8 Å². The smallest absolute Gasteiger partial charge is 0.253 e. The molecule has 34 heavy (non-hydrogen) atoms. The summed E-state index contributed by atoms with van der Waals surface area (Å²) >= 11 is 0. The molecule has 180 valence electrons. The number of carbonyl (C=O) groups excluding carboxylic acids is 3. The molecule has 3 aliphatic heterocycles.